The van der Waals surface area contributed by atoms with E-state index >= 15 is 0 Å². The first kappa shape index (κ1) is 30.6. The van der Waals surface area contributed by atoms with Crippen LogP contribution in [0.3, 0.4) is 0 Å². The number of piperazine rings is 1. The molecule has 1 aromatic heterocycles. The molecule has 46 heavy (non-hydrogen) atoms. The third-order valence-electron chi connectivity index (χ3n) is 9.69. The van der Waals surface area contributed by atoms with Gasteiger partial charge in [0.15, 0.2) is 12.2 Å². The number of carbonyl (C=O) groups excluding carboxylic acids is 1. The molecule has 10 nitrogen and oxygen atoms in total. The lowest BCUT2D eigenvalue weighted by Gasteiger charge is -2.42. The zero-order valence-electron chi connectivity index (χ0n) is 26.3. The number of anilines is 2. The quantitative estimate of drug-likeness (QED) is 0.280. The number of aromatic nitrogens is 2. The van der Waals surface area contributed by atoms with Crippen LogP contribution in [0.25, 0.3) is 10.8 Å². The molecular weight excluding hydrogens is 602 g/mol. The predicted octanol–water partition coefficient (Wildman–Crippen LogP) is 4.04. The Morgan fingerprint density at radius 3 is 2.74 bits per heavy atom. The molecule has 3 fully saturated rings. The smallest absolute Gasteiger partial charge is 0.318 e. The van der Waals surface area contributed by atoms with Crippen molar-refractivity contribution in [3.05, 3.63) is 52.7 Å². The van der Waals surface area contributed by atoms with Crippen LogP contribution < -0.4 is 14.5 Å². The summed E-state index contributed by atoms with van der Waals surface area (Å²) in [6.45, 7) is 6.25. The second-order valence-corrected chi connectivity index (χ2v) is 12.9. The number of likely N-dealkylation sites (N-methyl/N-ethyl adjacent to an activating group) is 1. The highest BCUT2D eigenvalue weighted by atomic mass is 35.5. The fraction of sp³-hybridized carbons (Fsp3) is 0.486. The Labute approximate surface area is 274 Å². The minimum Gasteiger partial charge on any atom is -0.462 e. The Morgan fingerprint density at radius 1 is 1.11 bits per heavy atom. The molecule has 3 saturated heterocycles. The zero-order chi connectivity index (χ0) is 31.8. The van der Waals surface area contributed by atoms with Crippen molar-refractivity contribution in [1.29, 1.82) is 5.26 Å². The lowest BCUT2D eigenvalue weighted by atomic mass is 10.0. The summed E-state index contributed by atoms with van der Waals surface area (Å²) in [6, 6.07) is 15.0. The number of hydrogen-bond donors (Lipinski definition) is 0. The molecule has 4 aliphatic heterocycles. The Kier molecular flexibility index (Phi) is 8.61. The average Bonchev–Trinajstić information content (AvgIpc) is 3.72. The number of carbonyl (C=O) groups is 1. The Balaban J connectivity index is 1.19. The van der Waals surface area contributed by atoms with Gasteiger partial charge in [-0.15, -0.1) is 5.92 Å². The largest absolute Gasteiger partial charge is 0.462 e. The van der Waals surface area contributed by atoms with Gasteiger partial charge in [-0.25, -0.2) is 0 Å². The van der Waals surface area contributed by atoms with Crippen molar-refractivity contribution < 1.29 is 14.3 Å². The van der Waals surface area contributed by atoms with Gasteiger partial charge in [-0.3, -0.25) is 4.79 Å². The van der Waals surface area contributed by atoms with Crippen molar-refractivity contribution in [2.75, 3.05) is 56.2 Å². The first-order valence-electron chi connectivity index (χ1n) is 16.1. The van der Waals surface area contributed by atoms with Crippen molar-refractivity contribution in [1.82, 2.24) is 19.8 Å². The van der Waals surface area contributed by atoms with Crippen molar-refractivity contribution in [3.63, 3.8) is 0 Å². The molecule has 7 rings (SSSR count). The number of nitrogens with zero attached hydrogens (tertiary/aromatic N) is 7. The highest BCUT2D eigenvalue weighted by molar-refractivity contribution is 6.36. The van der Waals surface area contributed by atoms with Crippen LogP contribution in [-0.4, -0.2) is 96.3 Å². The fourth-order valence-electron chi connectivity index (χ4n) is 7.15. The number of hydrogen-bond acceptors (Lipinski definition) is 9. The molecule has 0 aliphatic carbocycles. The summed E-state index contributed by atoms with van der Waals surface area (Å²) in [5, 5.41) is 12.6. The lowest BCUT2D eigenvalue weighted by Crippen LogP contribution is -2.57. The van der Waals surface area contributed by atoms with E-state index in [4.69, 9.17) is 31.0 Å². The number of epoxide rings is 1. The third-order valence-corrected chi connectivity index (χ3v) is 10.0. The molecule has 0 bridgehead atoms. The minimum absolute atomic E-state index is 0.0912. The Hall–Kier alpha value is -4.09. The maximum Gasteiger partial charge on any atom is 0.318 e. The zero-order valence-corrected chi connectivity index (χ0v) is 27.0. The van der Waals surface area contributed by atoms with Gasteiger partial charge in [0.25, 0.3) is 5.91 Å². The fourth-order valence-corrected chi connectivity index (χ4v) is 7.43. The predicted molar refractivity (Wildman–Crippen MR) is 177 cm³/mol. The molecule has 238 valence electrons. The molecule has 0 unspecified atom stereocenters. The van der Waals surface area contributed by atoms with Crippen LogP contribution in [0.5, 0.6) is 6.01 Å². The van der Waals surface area contributed by atoms with Crippen LogP contribution in [0.2, 0.25) is 5.02 Å². The molecule has 1 amide bonds. The standard InChI is InChI=1S/C35H38ClN7O3/c1-3-7-30-32(46-30)34(44)43-19-18-42(20-24(43)13-15-37)33-26-14-17-41(29-12-5-9-23-8-4-11-27(36)31(23)29)21-28(26)38-35(39-33)45-22-25-10-6-16-40(25)2/h4-5,8-9,11-12,24-25,30,32H,6,10,13-14,16-22H2,1-2H3/t24-,25-,30+,32+/m0/s1. The van der Waals surface area contributed by atoms with Gasteiger partial charge in [-0.2, -0.15) is 15.2 Å². The lowest BCUT2D eigenvalue weighted by molar-refractivity contribution is -0.135. The van der Waals surface area contributed by atoms with Crippen LogP contribution in [0, 0.1) is 23.2 Å². The van der Waals surface area contributed by atoms with E-state index in [0.717, 1.165) is 70.9 Å². The molecule has 0 N–H and O–H groups in total. The van der Waals surface area contributed by atoms with E-state index in [-0.39, 0.29) is 24.5 Å². The molecule has 0 radical (unpaired) electrons. The molecule has 4 aliphatic rings. The summed E-state index contributed by atoms with van der Waals surface area (Å²) < 4.78 is 11.9. The SMILES string of the molecule is CC#C[C@H]1O[C@H]1C(=O)N1CCN(c2nc(OC[C@@H]3CCCN3C)nc3c2CCN(c2cccc4cccc(Cl)c24)C3)C[C@@H]1CC#N. The average molecular weight is 640 g/mol. The minimum atomic E-state index is -0.547. The van der Waals surface area contributed by atoms with Gasteiger partial charge in [0, 0.05) is 48.9 Å². The second-order valence-electron chi connectivity index (χ2n) is 12.5. The van der Waals surface area contributed by atoms with E-state index < -0.39 is 6.10 Å². The summed E-state index contributed by atoms with van der Waals surface area (Å²) in [6.07, 6.45) is 2.31. The number of halogens is 1. The van der Waals surface area contributed by atoms with Crippen molar-refractivity contribution >= 4 is 39.8 Å². The molecular formula is C35H38ClN7O3. The number of benzene rings is 2. The monoisotopic (exact) mass is 639 g/mol. The summed E-state index contributed by atoms with van der Waals surface area (Å²) in [4.78, 5) is 32.0. The van der Waals surface area contributed by atoms with Gasteiger partial charge in [-0.1, -0.05) is 41.8 Å². The van der Waals surface area contributed by atoms with Gasteiger partial charge in [0.1, 0.15) is 12.4 Å². The normalized spacial score (nSPS) is 24.3. The van der Waals surface area contributed by atoms with E-state index in [2.05, 4.69) is 63.9 Å². The van der Waals surface area contributed by atoms with Gasteiger partial charge in [0.2, 0.25) is 0 Å². The van der Waals surface area contributed by atoms with Crippen LogP contribution in [0.4, 0.5) is 11.5 Å². The summed E-state index contributed by atoms with van der Waals surface area (Å²) in [5.74, 6) is 6.51. The highest BCUT2D eigenvalue weighted by Gasteiger charge is 2.48. The number of amides is 1. The van der Waals surface area contributed by atoms with Gasteiger partial charge < -0.3 is 29.1 Å². The topological polar surface area (TPSA) is 101 Å². The van der Waals surface area contributed by atoms with E-state index in [0.29, 0.717) is 44.8 Å². The van der Waals surface area contributed by atoms with Gasteiger partial charge in [0.05, 0.1) is 35.8 Å². The molecule has 0 saturated carbocycles. The number of fused-ring (bicyclic) bond motifs is 2. The number of nitriles is 1. The van der Waals surface area contributed by atoms with E-state index in [1.54, 1.807) is 11.8 Å². The first-order chi connectivity index (χ1) is 22.4. The van der Waals surface area contributed by atoms with Crippen LogP contribution in [0.1, 0.15) is 37.4 Å². The number of likely N-dealkylation sites (tertiary alicyclic amines) is 1. The number of ether oxygens (including phenoxy) is 2. The maximum absolute atomic E-state index is 13.3. The first-order valence-corrected chi connectivity index (χ1v) is 16.5. The molecule has 11 heteroatoms. The molecule has 0 spiro atoms. The maximum atomic E-state index is 13.3. The highest BCUT2D eigenvalue weighted by Crippen LogP contribution is 2.37. The summed E-state index contributed by atoms with van der Waals surface area (Å²) in [7, 11) is 2.13. The van der Waals surface area contributed by atoms with Crippen LogP contribution in [-0.2, 0) is 22.5 Å². The van der Waals surface area contributed by atoms with Crippen molar-refractivity contribution in [2.45, 2.75) is 63.4 Å². The number of rotatable bonds is 7. The third kappa shape index (κ3) is 5.93. The molecule has 4 atom stereocenters. The summed E-state index contributed by atoms with van der Waals surface area (Å²) in [5.41, 5.74) is 3.10. The van der Waals surface area contributed by atoms with Gasteiger partial charge in [-0.05, 0) is 57.3 Å². The van der Waals surface area contributed by atoms with Crippen LogP contribution >= 0.6 is 11.6 Å². The van der Waals surface area contributed by atoms with E-state index in [1.165, 1.54) is 0 Å². The van der Waals surface area contributed by atoms with E-state index in [9.17, 15) is 10.1 Å². The Morgan fingerprint density at radius 2 is 1.96 bits per heavy atom. The van der Waals surface area contributed by atoms with Crippen LogP contribution in [0.15, 0.2) is 36.4 Å². The molecule has 5 heterocycles. The van der Waals surface area contributed by atoms with Gasteiger partial charge >= 0.3 is 6.01 Å². The molecule has 2 aromatic carbocycles. The van der Waals surface area contributed by atoms with E-state index in [1.807, 2.05) is 12.1 Å². The second kappa shape index (κ2) is 13.0. The van der Waals surface area contributed by atoms with Crippen molar-refractivity contribution in [2.24, 2.45) is 0 Å². The Bertz CT molecular complexity index is 1740. The summed E-state index contributed by atoms with van der Waals surface area (Å²) >= 11 is 6.72. The van der Waals surface area contributed by atoms with Crippen molar-refractivity contribution in [3.8, 4) is 23.9 Å². The molecule has 3 aromatic rings.